The van der Waals surface area contributed by atoms with Crippen LogP contribution in [0.4, 0.5) is 26.3 Å². The fourth-order valence-corrected chi connectivity index (χ4v) is 1.55. The molecule has 0 saturated heterocycles. The number of hydrogen-bond acceptors (Lipinski definition) is 4. The Morgan fingerprint density at radius 2 is 1.83 bits per heavy atom. The molecule has 6 nitrogen and oxygen atoms in total. The third-order valence-corrected chi connectivity index (χ3v) is 3.28. The molecule has 0 spiro atoms. The van der Waals surface area contributed by atoms with Gasteiger partial charge >= 0.3 is 11.6 Å². The van der Waals surface area contributed by atoms with Crippen molar-refractivity contribution in [1.29, 1.82) is 0 Å². The Labute approximate surface area is 134 Å². The van der Waals surface area contributed by atoms with E-state index in [2.05, 4.69) is 34.8 Å². The number of nitrogens with zero attached hydrogens (tertiary/aromatic N) is 2. The third-order valence-electron chi connectivity index (χ3n) is 2.43. The second-order valence-corrected chi connectivity index (χ2v) is 6.02. The summed E-state index contributed by atoms with van der Waals surface area (Å²) >= 11 is 0. The lowest BCUT2D eigenvalue weighted by Gasteiger charge is -2.23. The van der Waals surface area contributed by atoms with Crippen LogP contribution in [0.1, 0.15) is 19.8 Å². The second kappa shape index (κ2) is 8.67. The molecule has 142 valence electrons. The third kappa shape index (κ3) is 7.97. The van der Waals surface area contributed by atoms with E-state index in [-0.39, 0.29) is 0 Å². The van der Waals surface area contributed by atoms with Gasteiger partial charge in [-0.3, -0.25) is 0 Å². The van der Waals surface area contributed by atoms with E-state index in [9.17, 15) is 39.3 Å². The number of hydrogen-bond donors (Lipinski definition) is 0. The van der Waals surface area contributed by atoms with Crippen LogP contribution in [0.15, 0.2) is 18.7 Å². The van der Waals surface area contributed by atoms with Crippen LogP contribution in [0, 0.1) is 0 Å². The molecule has 1 unspecified atom stereocenters. The molecule has 0 saturated carbocycles. The van der Waals surface area contributed by atoms with Crippen LogP contribution >= 0.6 is 0 Å². The molecule has 0 bridgehead atoms. The van der Waals surface area contributed by atoms with Crippen LogP contribution in [-0.2, 0) is 28.4 Å². The first-order valence-electron chi connectivity index (χ1n) is 6.43. The minimum absolute atomic E-state index is 1.15. The molecule has 13 heteroatoms. The van der Waals surface area contributed by atoms with E-state index in [0.29, 0.717) is 0 Å². The highest BCUT2D eigenvalue weighted by atomic mass is 32.2. The van der Waals surface area contributed by atoms with Crippen LogP contribution in [0.2, 0.25) is 0 Å². The van der Waals surface area contributed by atoms with Crippen molar-refractivity contribution >= 4 is 10.1 Å². The highest BCUT2D eigenvalue weighted by molar-refractivity contribution is 7.86. The molecule has 0 radical (unpaired) electrons. The summed E-state index contributed by atoms with van der Waals surface area (Å²) in [6.07, 6.45) is -1.59. The molecule has 1 rings (SSSR count). The lowest BCUT2D eigenvalue weighted by atomic mass is 10.3. The van der Waals surface area contributed by atoms with E-state index in [0.717, 1.165) is 6.54 Å². The van der Waals surface area contributed by atoms with Gasteiger partial charge in [0, 0.05) is 0 Å². The van der Waals surface area contributed by atoms with Crippen molar-refractivity contribution in [2.24, 2.45) is 7.05 Å². The molecule has 0 aliphatic rings. The molecular weight excluding hydrogens is 370 g/mol. The van der Waals surface area contributed by atoms with E-state index in [1.165, 1.54) is 12.8 Å². The van der Waals surface area contributed by atoms with Gasteiger partial charge in [-0.2, -0.15) is 8.78 Å². The zero-order valence-electron chi connectivity index (χ0n) is 12.6. The van der Waals surface area contributed by atoms with E-state index in [4.69, 9.17) is 0 Å². The first-order valence-corrected chi connectivity index (χ1v) is 7.84. The first-order chi connectivity index (χ1) is 10.7. The summed E-state index contributed by atoms with van der Waals surface area (Å²) in [5.74, 6) is 0. The Hall–Kier alpha value is -1.34. The van der Waals surface area contributed by atoms with Crippen LogP contribution in [-0.4, -0.2) is 35.5 Å². The molecule has 1 atom stereocenters. The predicted octanol–water partition coefficient (Wildman–Crippen LogP) is 2.07. The van der Waals surface area contributed by atoms with Gasteiger partial charge in [0.1, 0.15) is 12.4 Å². The molecular formula is C11H16F6N2O4S. The summed E-state index contributed by atoms with van der Waals surface area (Å²) in [6, 6.07) is 0. The minimum Gasteiger partial charge on any atom is -0.743 e. The van der Waals surface area contributed by atoms with Crippen molar-refractivity contribution in [3.05, 3.63) is 18.7 Å². The van der Waals surface area contributed by atoms with E-state index in [1.54, 1.807) is 0 Å². The number of unbranched alkanes of at least 4 members (excludes halogenated alkanes) is 1. The number of rotatable bonds is 6. The molecule has 0 fully saturated rings. The van der Waals surface area contributed by atoms with E-state index >= 15 is 0 Å². The zero-order valence-corrected chi connectivity index (χ0v) is 13.5. The summed E-state index contributed by atoms with van der Waals surface area (Å²) in [5, 5.41) is -5.79. The van der Waals surface area contributed by atoms with Crippen molar-refractivity contribution in [2.75, 3.05) is 0 Å². The summed E-state index contributed by atoms with van der Waals surface area (Å²) in [6.45, 7) is 3.36. The van der Waals surface area contributed by atoms with Crippen LogP contribution in [0.25, 0.3) is 0 Å². The Kier molecular flexibility index (Phi) is 8.18. The molecule has 1 aromatic rings. The highest BCUT2D eigenvalue weighted by Gasteiger charge is 2.53. The van der Waals surface area contributed by atoms with Gasteiger partial charge in [0.05, 0.1) is 13.6 Å². The normalized spacial score (nSPS) is 14.0. The maximum atomic E-state index is 12.0. The SMILES string of the molecule is CCCC[n+]1ccn(C)c1.O=S(=O)([O-])C(F)(F)C(F)OC(F)(F)F. The summed E-state index contributed by atoms with van der Waals surface area (Å²) in [7, 11) is -4.51. The summed E-state index contributed by atoms with van der Waals surface area (Å²) in [4.78, 5) is 0. The molecule has 0 aromatic carbocycles. The van der Waals surface area contributed by atoms with Crippen molar-refractivity contribution in [3.8, 4) is 0 Å². The van der Waals surface area contributed by atoms with Crippen molar-refractivity contribution < 1.29 is 48.6 Å². The van der Waals surface area contributed by atoms with E-state index < -0.39 is 28.1 Å². The average Bonchev–Trinajstić information content (AvgIpc) is 2.79. The molecule has 0 aliphatic heterocycles. The Morgan fingerprint density at radius 3 is 2.17 bits per heavy atom. The Balaban J connectivity index is 0.000000463. The monoisotopic (exact) mass is 386 g/mol. The van der Waals surface area contributed by atoms with Gasteiger partial charge in [-0.1, -0.05) is 13.3 Å². The lowest BCUT2D eigenvalue weighted by molar-refractivity contribution is -0.696. The summed E-state index contributed by atoms with van der Waals surface area (Å²) in [5.41, 5.74) is 0. The number of halogens is 6. The molecule has 1 heterocycles. The van der Waals surface area contributed by atoms with Crippen LogP contribution in [0.3, 0.4) is 0 Å². The van der Waals surface area contributed by atoms with Gasteiger partial charge in [0.2, 0.25) is 6.33 Å². The van der Waals surface area contributed by atoms with Crippen LogP contribution < -0.4 is 4.57 Å². The Morgan fingerprint density at radius 1 is 1.29 bits per heavy atom. The summed E-state index contributed by atoms with van der Waals surface area (Å²) < 4.78 is 104. The van der Waals surface area contributed by atoms with Gasteiger partial charge < -0.3 is 4.55 Å². The van der Waals surface area contributed by atoms with E-state index in [1.807, 2.05) is 11.8 Å². The van der Waals surface area contributed by atoms with Crippen LogP contribution in [0.5, 0.6) is 0 Å². The zero-order chi connectivity index (χ0) is 19.2. The fourth-order valence-electron chi connectivity index (χ4n) is 1.27. The Bertz CT molecular complexity index is 602. The molecule has 0 amide bonds. The number of imidazole rings is 1. The van der Waals surface area contributed by atoms with Gasteiger partial charge in [0.25, 0.3) is 6.36 Å². The number of aromatic nitrogens is 2. The fraction of sp³-hybridized carbons (Fsp3) is 0.727. The standard InChI is InChI=1S/C8H15N2.C3H2F6O4S/c1-3-4-5-10-7-6-9(2)8-10;4-1(13-3(7,8)9)2(5,6)14(10,11)12/h6-8H,3-5H2,1-2H3;1H,(H,10,11,12)/q+1;/p-1. The van der Waals surface area contributed by atoms with Gasteiger partial charge in [0.15, 0.2) is 10.1 Å². The highest BCUT2D eigenvalue weighted by Crippen LogP contribution is 2.32. The average molecular weight is 386 g/mol. The molecule has 0 N–H and O–H groups in total. The predicted molar refractivity (Wildman–Crippen MR) is 67.2 cm³/mol. The maximum absolute atomic E-state index is 12.0. The van der Waals surface area contributed by atoms with Gasteiger partial charge in [-0.05, 0) is 6.42 Å². The maximum Gasteiger partial charge on any atom is 0.525 e. The minimum atomic E-state index is -6.56. The van der Waals surface area contributed by atoms with Crippen molar-refractivity contribution in [3.63, 3.8) is 0 Å². The second-order valence-electron chi connectivity index (χ2n) is 4.57. The van der Waals surface area contributed by atoms with Crippen molar-refractivity contribution in [1.82, 2.24) is 4.57 Å². The van der Waals surface area contributed by atoms with Crippen molar-refractivity contribution in [2.45, 2.75) is 44.3 Å². The number of ether oxygens (including phenoxy) is 1. The number of aryl methyl sites for hydroxylation is 2. The quantitative estimate of drug-likeness (QED) is 0.426. The van der Waals surface area contributed by atoms with Gasteiger partial charge in [-0.15, -0.1) is 13.2 Å². The molecule has 0 aliphatic carbocycles. The lowest BCUT2D eigenvalue weighted by Crippen LogP contribution is -2.42. The first kappa shape index (κ1) is 22.7. The molecule has 1 aromatic heterocycles. The largest absolute Gasteiger partial charge is 0.743 e. The van der Waals surface area contributed by atoms with Gasteiger partial charge in [-0.25, -0.2) is 26.7 Å². The topological polar surface area (TPSA) is 75.2 Å². The smallest absolute Gasteiger partial charge is 0.525 e. The molecule has 24 heavy (non-hydrogen) atoms. The number of alkyl halides is 6.